The van der Waals surface area contributed by atoms with Gasteiger partial charge in [0, 0.05) is 6.08 Å². The number of allylic oxidation sites excluding steroid dienone is 1. The lowest BCUT2D eigenvalue weighted by Crippen LogP contribution is -2.00. The van der Waals surface area contributed by atoms with Crippen molar-refractivity contribution in [3.05, 3.63) is 12.2 Å². The Kier molecular flexibility index (Phi) is 9.24. The van der Waals surface area contributed by atoms with E-state index in [1.54, 1.807) is 6.08 Å². The van der Waals surface area contributed by atoms with Crippen molar-refractivity contribution < 1.29 is 9.53 Å². The van der Waals surface area contributed by atoms with Crippen LogP contribution in [0.5, 0.6) is 0 Å². The normalized spacial score (nSPS) is 13.0. The average molecular weight is 212 g/mol. The van der Waals surface area contributed by atoms with E-state index in [-0.39, 0.29) is 5.97 Å². The van der Waals surface area contributed by atoms with Crippen molar-refractivity contribution in [3.63, 3.8) is 0 Å². The Morgan fingerprint density at radius 3 is 2.60 bits per heavy atom. The smallest absolute Gasteiger partial charge is 0.330 e. The van der Waals surface area contributed by atoms with E-state index in [1.165, 1.54) is 25.7 Å². The predicted molar refractivity (Wildman–Crippen MR) is 63.7 cm³/mol. The maximum Gasteiger partial charge on any atom is 0.330 e. The van der Waals surface area contributed by atoms with Gasteiger partial charge in [-0.15, -0.1) is 0 Å². The number of carbonyl (C=O) groups is 1. The van der Waals surface area contributed by atoms with Gasteiger partial charge in [0.25, 0.3) is 0 Å². The van der Waals surface area contributed by atoms with Crippen LogP contribution in [0.3, 0.4) is 0 Å². The van der Waals surface area contributed by atoms with E-state index >= 15 is 0 Å². The lowest BCUT2D eigenvalue weighted by Gasteiger charge is -2.05. The molecule has 0 saturated heterocycles. The summed E-state index contributed by atoms with van der Waals surface area (Å²) in [7, 11) is 0. The summed E-state index contributed by atoms with van der Waals surface area (Å²) in [5.74, 6) is 0.254. The summed E-state index contributed by atoms with van der Waals surface area (Å²) in [5.41, 5.74) is 0. The van der Waals surface area contributed by atoms with Crippen molar-refractivity contribution in [2.75, 3.05) is 6.61 Å². The number of rotatable bonds is 8. The van der Waals surface area contributed by atoms with Crippen LogP contribution in [0.15, 0.2) is 12.2 Å². The highest BCUT2D eigenvalue weighted by molar-refractivity contribution is 5.81. The highest BCUT2D eigenvalue weighted by Crippen LogP contribution is 2.11. The molecule has 0 aromatic carbocycles. The van der Waals surface area contributed by atoms with E-state index in [1.807, 2.05) is 13.0 Å². The first-order chi connectivity index (χ1) is 7.20. The molecule has 0 N–H and O–H groups in total. The number of hydrogen-bond acceptors (Lipinski definition) is 2. The van der Waals surface area contributed by atoms with Gasteiger partial charge < -0.3 is 4.74 Å². The fourth-order valence-corrected chi connectivity index (χ4v) is 1.42. The molecule has 0 unspecified atom stereocenters. The predicted octanol–water partition coefficient (Wildman–Crippen LogP) is 3.71. The number of carbonyl (C=O) groups excluding carboxylic acids is 1. The molecule has 2 nitrogen and oxygen atoms in total. The molecule has 0 aliphatic rings. The summed E-state index contributed by atoms with van der Waals surface area (Å²) in [6.45, 7) is 6.62. The summed E-state index contributed by atoms with van der Waals surface area (Å²) < 4.78 is 4.81. The molecule has 0 amide bonds. The quantitative estimate of drug-likeness (QED) is 0.348. The van der Waals surface area contributed by atoms with Gasteiger partial charge in [0.2, 0.25) is 0 Å². The van der Waals surface area contributed by atoms with Gasteiger partial charge >= 0.3 is 5.97 Å². The van der Waals surface area contributed by atoms with E-state index in [2.05, 4.69) is 13.8 Å². The van der Waals surface area contributed by atoms with Crippen molar-refractivity contribution in [3.8, 4) is 0 Å². The van der Waals surface area contributed by atoms with Crippen LogP contribution >= 0.6 is 0 Å². The van der Waals surface area contributed by atoms with Gasteiger partial charge in [-0.25, -0.2) is 4.79 Å². The zero-order valence-corrected chi connectivity index (χ0v) is 10.3. The molecule has 0 aromatic rings. The third-order valence-corrected chi connectivity index (χ3v) is 2.36. The second-order valence-corrected chi connectivity index (χ2v) is 3.94. The van der Waals surface area contributed by atoms with Gasteiger partial charge in [-0.3, -0.25) is 0 Å². The van der Waals surface area contributed by atoms with Crippen LogP contribution < -0.4 is 0 Å². The molecule has 0 aliphatic heterocycles. The van der Waals surface area contributed by atoms with Gasteiger partial charge in [0.1, 0.15) is 0 Å². The molecular weight excluding hydrogens is 188 g/mol. The van der Waals surface area contributed by atoms with E-state index in [4.69, 9.17) is 4.74 Å². The van der Waals surface area contributed by atoms with Gasteiger partial charge in [-0.1, -0.05) is 45.6 Å². The molecule has 1 atom stereocenters. The second-order valence-electron chi connectivity index (χ2n) is 3.94. The number of unbranched alkanes of at least 4 members (excludes halogenated alkanes) is 3. The number of ether oxygens (including phenoxy) is 1. The summed E-state index contributed by atoms with van der Waals surface area (Å²) in [4.78, 5) is 11.0. The summed E-state index contributed by atoms with van der Waals surface area (Å²) in [6.07, 6.45) is 9.80. The van der Waals surface area contributed by atoms with Crippen LogP contribution in [0.25, 0.3) is 0 Å². The SMILES string of the molecule is CCCCCC[C@H](C)/C=C/C(=O)OCC. The van der Waals surface area contributed by atoms with Crippen molar-refractivity contribution in [2.45, 2.75) is 52.9 Å². The van der Waals surface area contributed by atoms with Gasteiger partial charge in [0.15, 0.2) is 0 Å². The average Bonchev–Trinajstić information content (AvgIpc) is 2.22. The molecule has 0 rings (SSSR count). The lowest BCUT2D eigenvalue weighted by molar-refractivity contribution is -0.137. The molecule has 0 fully saturated rings. The van der Waals surface area contributed by atoms with Crippen LogP contribution in [-0.4, -0.2) is 12.6 Å². The Hall–Kier alpha value is -0.790. The number of hydrogen-bond donors (Lipinski definition) is 0. The van der Waals surface area contributed by atoms with Crippen LogP contribution in [0.4, 0.5) is 0 Å². The Bertz CT molecular complexity index is 185. The Labute approximate surface area is 93.7 Å². The Morgan fingerprint density at radius 1 is 1.27 bits per heavy atom. The standard InChI is InChI=1S/C13H24O2/c1-4-6-7-8-9-12(3)10-11-13(14)15-5-2/h10-12H,4-9H2,1-3H3/b11-10+/t12-/m0/s1. The van der Waals surface area contributed by atoms with Crippen LogP contribution in [0.2, 0.25) is 0 Å². The molecule has 88 valence electrons. The van der Waals surface area contributed by atoms with E-state index < -0.39 is 0 Å². The van der Waals surface area contributed by atoms with Crippen molar-refractivity contribution in [1.29, 1.82) is 0 Å². The van der Waals surface area contributed by atoms with Gasteiger partial charge in [-0.2, -0.15) is 0 Å². The third-order valence-electron chi connectivity index (χ3n) is 2.36. The minimum absolute atomic E-state index is 0.224. The Morgan fingerprint density at radius 2 is 2.00 bits per heavy atom. The molecule has 0 spiro atoms. The highest BCUT2D eigenvalue weighted by atomic mass is 16.5. The van der Waals surface area contributed by atoms with Crippen molar-refractivity contribution >= 4 is 5.97 Å². The number of esters is 1. The monoisotopic (exact) mass is 212 g/mol. The first-order valence-corrected chi connectivity index (χ1v) is 6.05. The first kappa shape index (κ1) is 14.2. The maximum atomic E-state index is 11.0. The molecule has 2 heteroatoms. The van der Waals surface area contributed by atoms with Crippen LogP contribution in [-0.2, 0) is 9.53 Å². The van der Waals surface area contributed by atoms with Gasteiger partial charge in [-0.05, 0) is 19.3 Å². The Balaban J connectivity index is 3.54. The minimum Gasteiger partial charge on any atom is -0.463 e. The summed E-state index contributed by atoms with van der Waals surface area (Å²) >= 11 is 0. The summed E-state index contributed by atoms with van der Waals surface area (Å²) in [5, 5.41) is 0. The molecule has 0 aliphatic carbocycles. The topological polar surface area (TPSA) is 26.3 Å². The van der Waals surface area contributed by atoms with Crippen LogP contribution in [0, 0.1) is 5.92 Å². The first-order valence-electron chi connectivity index (χ1n) is 6.05. The van der Waals surface area contributed by atoms with E-state index in [9.17, 15) is 4.79 Å². The van der Waals surface area contributed by atoms with Crippen molar-refractivity contribution in [1.82, 2.24) is 0 Å². The highest BCUT2D eigenvalue weighted by Gasteiger charge is 1.99. The van der Waals surface area contributed by atoms with Gasteiger partial charge in [0.05, 0.1) is 6.61 Å². The second kappa shape index (κ2) is 9.75. The molecule has 0 radical (unpaired) electrons. The molecule has 0 saturated carbocycles. The van der Waals surface area contributed by atoms with Crippen molar-refractivity contribution in [2.24, 2.45) is 5.92 Å². The lowest BCUT2D eigenvalue weighted by atomic mass is 10.0. The fraction of sp³-hybridized carbons (Fsp3) is 0.769. The zero-order chi connectivity index (χ0) is 11.5. The fourth-order valence-electron chi connectivity index (χ4n) is 1.42. The molecule has 0 bridgehead atoms. The molecule has 0 aromatic heterocycles. The van der Waals surface area contributed by atoms with Crippen LogP contribution in [0.1, 0.15) is 52.9 Å². The molecule has 0 heterocycles. The third kappa shape index (κ3) is 9.51. The van der Waals surface area contributed by atoms with E-state index in [0.29, 0.717) is 12.5 Å². The molecular formula is C13H24O2. The van der Waals surface area contributed by atoms with E-state index in [0.717, 1.165) is 6.42 Å². The zero-order valence-electron chi connectivity index (χ0n) is 10.3. The maximum absolute atomic E-state index is 11.0. The largest absolute Gasteiger partial charge is 0.463 e. The minimum atomic E-state index is -0.224. The molecule has 15 heavy (non-hydrogen) atoms. The summed E-state index contributed by atoms with van der Waals surface area (Å²) in [6, 6.07) is 0.